The number of rotatable bonds is 3. The summed E-state index contributed by atoms with van der Waals surface area (Å²) in [6, 6.07) is 4.24. The van der Waals surface area contributed by atoms with Crippen LogP contribution in [0, 0.1) is 5.82 Å². The summed E-state index contributed by atoms with van der Waals surface area (Å²) >= 11 is 5.43. The molecule has 0 aliphatic carbocycles. The van der Waals surface area contributed by atoms with E-state index in [4.69, 9.17) is 11.6 Å². The van der Waals surface area contributed by atoms with Crippen molar-refractivity contribution in [3.05, 3.63) is 34.6 Å². The number of carbonyl (C=O) groups is 1. The van der Waals surface area contributed by atoms with E-state index in [9.17, 15) is 9.18 Å². The highest BCUT2D eigenvalue weighted by Crippen LogP contribution is 2.15. The van der Waals surface area contributed by atoms with E-state index in [1.807, 2.05) is 0 Å². The molecule has 0 aromatic heterocycles. The molecule has 64 valence electrons. The van der Waals surface area contributed by atoms with Crippen molar-refractivity contribution in [3.8, 4) is 0 Å². The molecular weight excluding hydrogens is 183 g/mol. The minimum absolute atomic E-state index is 0.0600. The van der Waals surface area contributed by atoms with Crippen molar-refractivity contribution in [2.75, 3.05) is 0 Å². The lowest BCUT2D eigenvalue weighted by Crippen LogP contribution is -1.90. The molecule has 1 aromatic carbocycles. The maximum absolute atomic E-state index is 12.7. The van der Waals surface area contributed by atoms with E-state index in [-0.39, 0.29) is 11.6 Å². The Balaban J connectivity index is 2.75. The zero-order valence-electron chi connectivity index (χ0n) is 6.09. The van der Waals surface area contributed by atoms with E-state index in [1.165, 1.54) is 12.1 Å². The predicted molar refractivity (Wildman–Crippen MR) is 42.3 cm³/mol. The average Bonchev–Trinajstić information content (AvgIpc) is 2.07. The summed E-state index contributed by atoms with van der Waals surface area (Å²) in [5.74, 6) is -0.510. The van der Waals surface area contributed by atoms with Gasteiger partial charge in [-0.2, -0.15) is 0 Å². The van der Waals surface area contributed by atoms with E-state index in [0.29, 0.717) is 12.0 Å². The maximum Gasteiger partial charge on any atom is 0.293 e. The third-order valence-electron chi connectivity index (χ3n) is 1.30. The number of benzene rings is 1. The largest absolute Gasteiger partial charge is 0.463 e. The summed E-state index contributed by atoms with van der Waals surface area (Å²) < 4.78 is 17.2. The van der Waals surface area contributed by atoms with Gasteiger partial charge in [0.05, 0.1) is 5.02 Å². The monoisotopic (exact) mass is 188 g/mol. The van der Waals surface area contributed by atoms with Crippen LogP contribution in [-0.4, -0.2) is 6.47 Å². The zero-order chi connectivity index (χ0) is 8.97. The first kappa shape index (κ1) is 9.00. The van der Waals surface area contributed by atoms with Gasteiger partial charge >= 0.3 is 0 Å². The SMILES string of the molecule is O=COCc1ccc(Cl)c(F)c1. The number of carbonyl (C=O) groups excluding carboxylic acids is 1. The van der Waals surface area contributed by atoms with Crippen LogP contribution >= 0.6 is 11.6 Å². The Bertz CT molecular complexity index is 288. The Morgan fingerprint density at radius 1 is 1.58 bits per heavy atom. The van der Waals surface area contributed by atoms with Crippen molar-refractivity contribution in [1.82, 2.24) is 0 Å². The van der Waals surface area contributed by atoms with Crippen LogP contribution in [0.25, 0.3) is 0 Å². The number of hydrogen-bond donors (Lipinski definition) is 0. The Morgan fingerprint density at radius 2 is 2.33 bits per heavy atom. The summed E-state index contributed by atoms with van der Waals surface area (Å²) in [4.78, 5) is 9.79. The summed E-state index contributed by atoms with van der Waals surface area (Å²) in [5.41, 5.74) is 0.573. The van der Waals surface area contributed by atoms with Crippen molar-refractivity contribution < 1.29 is 13.9 Å². The fourth-order valence-electron chi connectivity index (χ4n) is 0.760. The van der Waals surface area contributed by atoms with Crippen molar-refractivity contribution in [2.24, 2.45) is 0 Å². The Kier molecular flexibility index (Phi) is 3.05. The molecule has 0 aliphatic heterocycles. The molecular formula is C8H6ClFO2. The van der Waals surface area contributed by atoms with Gasteiger partial charge in [0.25, 0.3) is 6.47 Å². The second kappa shape index (κ2) is 4.07. The topological polar surface area (TPSA) is 26.3 Å². The number of halogens is 2. The summed E-state index contributed by atoms with van der Waals surface area (Å²) in [7, 11) is 0. The predicted octanol–water partition coefficient (Wildman–Crippen LogP) is 2.15. The minimum atomic E-state index is -0.510. The maximum atomic E-state index is 12.7. The van der Waals surface area contributed by atoms with E-state index in [1.54, 1.807) is 6.07 Å². The van der Waals surface area contributed by atoms with Crippen molar-refractivity contribution in [2.45, 2.75) is 6.61 Å². The molecule has 0 fully saturated rings. The third-order valence-corrected chi connectivity index (χ3v) is 1.61. The molecule has 0 unspecified atom stereocenters. The van der Waals surface area contributed by atoms with Gasteiger partial charge < -0.3 is 4.74 Å². The molecule has 0 bridgehead atoms. The van der Waals surface area contributed by atoms with Gasteiger partial charge in [0.15, 0.2) is 0 Å². The van der Waals surface area contributed by atoms with Gasteiger partial charge in [-0.3, -0.25) is 4.79 Å². The molecule has 0 radical (unpaired) electrons. The molecule has 0 atom stereocenters. The molecule has 1 aromatic rings. The molecule has 0 spiro atoms. The Morgan fingerprint density at radius 3 is 2.92 bits per heavy atom. The highest BCUT2D eigenvalue weighted by molar-refractivity contribution is 6.30. The lowest BCUT2D eigenvalue weighted by atomic mass is 10.2. The number of hydrogen-bond acceptors (Lipinski definition) is 2. The summed E-state index contributed by atoms with van der Waals surface area (Å²) in [6.45, 7) is 0.379. The average molecular weight is 189 g/mol. The van der Waals surface area contributed by atoms with Gasteiger partial charge in [-0.1, -0.05) is 17.7 Å². The molecule has 0 saturated carbocycles. The molecule has 0 amide bonds. The smallest absolute Gasteiger partial charge is 0.293 e. The highest BCUT2D eigenvalue weighted by Gasteiger charge is 2.00. The van der Waals surface area contributed by atoms with Gasteiger partial charge in [0, 0.05) is 0 Å². The van der Waals surface area contributed by atoms with Crippen LogP contribution in [0.2, 0.25) is 5.02 Å². The Labute approximate surface area is 73.9 Å². The molecule has 0 saturated heterocycles. The van der Waals surface area contributed by atoms with E-state index < -0.39 is 5.82 Å². The molecule has 0 heterocycles. The summed E-state index contributed by atoms with van der Waals surface area (Å²) in [6.07, 6.45) is 0. The molecule has 1 rings (SSSR count). The van der Waals surface area contributed by atoms with Crippen LogP contribution in [0.4, 0.5) is 4.39 Å². The van der Waals surface area contributed by atoms with Crippen molar-refractivity contribution in [3.63, 3.8) is 0 Å². The van der Waals surface area contributed by atoms with Gasteiger partial charge in [-0.25, -0.2) is 4.39 Å². The standard InChI is InChI=1S/C8H6ClFO2/c9-7-2-1-6(3-8(7)10)4-12-5-11/h1-3,5H,4H2. The minimum Gasteiger partial charge on any atom is -0.463 e. The quantitative estimate of drug-likeness (QED) is 0.680. The van der Waals surface area contributed by atoms with Crippen LogP contribution in [0.3, 0.4) is 0 Å². The molecule has 0 aliphatic rings. The molecule has 2 nitrogen and oxygen atoms in total. The second-order valence-electron chi connectivity index (χ2n) is 2.16. The van der Waals surface area contributed by atoms with Crippen molar-refractivity contribution >= 4 is 18.1 Å². The first-order valence-corrected chi connectivity index (χ1v) is 3.61. The van der Waals surface area contributed by atoms with Crippen LogP contribution in [0.1, 0.15) is 5.56 Å². The van der Waals surface area contributed by atoms with Crippen LogP contribution in [0.15, 0.2) is 18.2 Å². The normalized spacial score (nSPS) is 9.50. The van der Waals surface area contributed by atoms with E-state index in [0.717, 1.165) is 0 Å². The first-order valence-electron chi connectivity index (χ1n) is 3.23. The van der Waals surface area contributed by atoms with Gasteiger partial charge in [-0.15, -0.1) is 0 Å². The molecule has 4 heteroatoms. The van der Waals surface area contributed by atoms with Gasteiger partial charge in [-0.05, 0) is 17.7 Å². The second-order valence-corrected chi connectivity index (χ2v) is 2.56. The summed E-state index contributed by atoms with van der Waals surface area (Å²) in [5, 5.41) is 0.0600. The van der Waals surface area contributed by atoms with Gasteiger partial charge in [0.1, 0.15) is 12.4 Å². The lowest BCUT2D eigenvalue weighted by Gasteiger charge is -1.99. The van der Waals surface area contributed by atoms with E-state index >= 15 is 0 Å². The van der Waals surface area contributed by atoms with E-state index in [2.05, 4.69) is 4.74 Å². The zero-order valence-corrected chi connectivity index (χ0v) is 6.84. The lowest BCUT2D eigenvalue weighted by molar-refractivity contribution is -0.129. The third kappa shape index (κ3) is 2.20. The van der Waals surface area contributed by atoms with Gasteiger partial charge in [0.2, 0.25) is 0 Å². The number of ether oxygens (including phenoxy) is 1. The fourth-order valence-corrected chi connectivity index (χ4v) is 0.877. The van der Waals surface area contributed by atoms with Crippen LogP contribution < -0.4 is 0 Å². The first-order chi connectivity index (χ1) is 5.74. The Hall–Kier alpha value is -1.09. The van der Waals surface area contributed by atoms with Crippen LogP contribution in [0.5, 0.6) is 0 Å². The van der Waals surface area contributed by atoms with Crippen LogP contribution in [-0.2, 0) is 16.1 Å². The highest BCUT2D eigenvalue weighted by atomic mass is 35.5. The van der Waals surface area contributed by atoms with Crippen molar-refractivity contribution in [1.29, 1.82) is 0 Å². The molecule has 0 N–H and O–H groups in total. The molecule has 12 heavy (non-hydrogen) atoms. The fraction of sp³-hybridized carbons (Fsp3) is 0.125.